The molecule has 23 heavy (non-hydrogen) atoms. The molecule has 2 aromatic rings. The number of nitrogens with zero attached hydrogens (tertiary/aromatic N) is 2. The van der Waals surface area contributed by atoms with Gasteiger partial charge in [0.1, 0.15) is 0 Å². The summed E-state index contributed by atoms with van der Waals surface area (Å²) in [5, 5.41) is 0. The zero-order valence-electron chi connectivity index (χ0n) is 12.8. The predicted molar refractivity (Wildman–Crippen MR) is 90.9 cm³/mol. The lowest BCUT2D eigenvalue weighted by atomic mass is 10.1. The van der Waals surface area contributed by atoms with Crippen LogP contribution < -0.4 is 15.4 Å². The number of hydrogen-bond acceptors (Lipinski definition) is 4. The van der Waals surface area contributed by atoms with Gasteiger partial charge in [0.15, 0.2) is 11.5 Å². The maximum absolute atomic E-state index is 12.7. The zero-order valence-corrected chi connectivity index (χ0v) is 12.8. The van der Waals surface area contributed by atoms with Gasteiger partial charge >= 0.3 is 0 Å². The number of carbonyl (C=O) groups is 1. The molecule has 2 heterocycles. The zero-order chi connectivity index (χ0) is 16.4. The second-order valence-electron chi connectivity index (χ2n) is 5.44. The van der Waals surface area contributed by atoms with Gasteiger partial charge < -0.3 is 10.5 Å². The number of anilines is 2. The summed E-state index contributed by atoms with van der Waals surface area (Å²) in [6.45, 7) is 6.18. The Balaban J connectivity index is 2.06. The number of fused-ring (bicyclic) bond motifs is 1. The molecule has 0 atom stereocenters. The Morgan fingerprint density at radius 3 is 2.91 bits per heavy atom. The number of nitrogens with two attached hydrogens (primary N) is 1. The van der Waals surface area contributed by atoms with Crippen LogP contribution in [-0.2, 0) is 4.79 Å². The Bertz CT molecular complexity index is 797. The molecule has 2 N–H and O–H groups in total. The molecule has 1 aromatic carbocycles. The number of amides is 1. The van der Waals surface area contributed by atoms with Crippen LogP contribution in [0.2, 0.25) is 0 Å². The van der Waals surface area contributed by atoms with Crippen molar-refractivity contribution in [2.24, 2.45) is 0 Å². The van der Waals surface area contributed by atoms with E-state index in [1.54, 1.807) is 35.4 Å². The first-order chi connectivity index (χ1) is 11.0. The normalized spacial score (nSPS) is 15.3. The summed E-state index contributed by atoms with van der Waals surface area (Å²) in [5.74, 6) is 0.534. The molecule has 0 fully saturated rings. The minimum atomic E-state index is -0.226. The highest BCUT2D eigenvalue weighted by molar-refractivity contribution is 6.10. The monoisotopic (exact) mass is 307 g/mol. The smallest absolute Gasteiger partial charge is 0.294 e. The average molecular weight is 307 g/mol. The van der Waals surface area contributed by atoms with Gasteiger partial charge in [0.25, 0.3) is 5.91 Å². The lowest BCUT2D eigenvalue weighted by Gasteiger charge is -2.30. The van der Waals surface area contributed by atoms with E-state index in [2.05, 4.69) is 11.6 Å². The molecule has 0 spiro atoms. The number of carbonyl (C=O) groups excluding carboxylic acids is 1. The van der Waals surface area contributed by atoms with Crippen molar-refractivity contribution in [3.63, 3.8) is 0 Å². The van der Waals surface area contributed by atoms with Gasteiger partial charge in [-0.05, 0) is 31.2 Å². The molecule has 3 rings (SSSR count). The van der Waals surface area contributed by atoms with Crippen LogP contribution in [0.15, 0.2) is 60.5 Å². The van der Waals surface area contributed by atoms with E-state index in [1.165, 1.54) is 0 Å². The minimum absolute atomic E-state index is 0.211. The van der Waals surface area contributed by atoms with Crippen molar-refractivity contribution >= 4 is 23.4 Å². The highest BCUT2D eigenvalue weighted by Gasteiger charge is 2.30. The van der Waals surface area contributed by atoms with E-state index in [9.17, 15) is 4.79 Å². The molecule has 1 aliphatic rings. The third-order valence-electron chi connectivity index (χ3n) is 3.35. The second kappa shape index (κ2) is 5.96. The maximum atomic E-state index is 12.7. The first-order valence-electron chi connectivity index (χ1n) is 7.21. The molecule has 0 radical (unpaired) electrons. The van der Waals surface area contributed by atoms with Crippen LogP contribution in [0.3, 0.4) is 0 Å². The molecule has 5 nitrogen and oxygen atoms in total. The Hall–Kier alpha value is -3.08. The summed E-state index contributed by atoms with van der Waals surface area (Å²) in [6, 6.07) is 10.7. The van der Waals surface area contributed by atoms with Crippen LogP contribution in [0.1, 0.15) is 12.6 Å². The number of nitrogen functional groups attached to an aromatic ring is 1. The predicted octanol–water partition coefficient (Wildman–Crippen LogP) is 3.01. The van der Waals surface area contributed by atoms with Gasteiger partial charge in [-0.3, -0.25) is 14.7 Å². The molecule has 1 aromatic heterocycles. The average Bonchev–Trinajstić information content (AvgIpc) is 2.52. The Labute approximate surface area is 134 Å². The molecular formula is C18H17N3O2. The second-order valence-corrected chi connectivity index (χ2v) is 5.44. The molecule has 116 valence electrons. The van der Waals surface area contributed by atoms with Gasteiger partial charge in [-0.15, -0.1) is 0 Å². The van der Waals surface area contributed by atoms with E-state index in [0.717, 1.165) is 5.57 Å². The third-order valence-corrected chi connectivity index (χ3v) is 3.35. The van der Waals surface area contributed by atoms with Crippen LogP contribution in [0.4, 0.5) is 11.4 Å². The van der Waals surface area contributed by atoms with Crippen LogP contribution in [-0.4, -0.2) is 17.4 Å². The summed E-state index contributed by atoms with van der Waals surface area (Å²) in [7, 11) is 0. The molecule has 0 saturated carbocycles. The van der Waals surface area contributed by atoms with Gasteiger partial charge in [-0.2, -0.15) is 0 Å². The van der Waals surface area contributed by atoms with E-state index in [-0.39, 0.29) is 11.7 Å². The standard InChI is InChI=1S/C18H17N3O2/c1-12(2)11-21-15-7-6-13(19)9-16(15)23-17(18(21)22)10-14-5-3-4-8-20-14/h3-10H,1,11,19H2,2H3/b17-10+. The molecule has 0 bridgehead atoms. The van der Waals surface area contributed by atoms with E-state index in [1.807, 2.05) is 25.1 Å². The van der Waals surface area contributed by atoms with Crippen molar-refractivity contribution in [1.29, 1.82) is 0 Å². The van der Waals surface area contributed by atoms with Crippen LogP contribution >= 0.6 is 0 Å². The number of rotatable bonds is 3. The molecule has 0 saturated heterocycles. The Morgan fingerprint density at radius 2 is 2.22 bits per heavy atom. The summed E-state index contributed by atoms with van der Waals surface area (Å²) < 4.78 is 5.76. The van der Waals surface area contributed by atoms with Gasteiger partial charge in [0.2, 0.25) is 0 Å². The topological polar surface area (TPSA) is 68.5 Å². The quantitative estimate of drug-likeness (QED) is 0.537. The lowest BCUT2D eigenvalue weighted by molar-refractivity contribution is -0.117. The van der Waals surface area contributed by atoms with Crippen molar-refractivity contribution < 1.29 is 9.53 Å². The van der Waals surface area contributed by atoms with Gasteiger partial charge in [-0.1, -0.05) is 18.2 Å². The van der Waals surface area contributed by atoms with E-state index >= 15 is 0 Å². The highest BCUT2D eigenvalue weighted by atomic mass is 16.5. The molecule has 0 unspecified atom stereocenters. The van der Waals surface area contributed by atoms with Crippen molar-refractivity contribution in [3.05, 3.63) is 66.2 Å². The van der Waals surface area contributed by atoms with E-state index in [4.69, 9.17) is 10.5 Å². The fourth-order valence-corrected chi connectivity index (χ4v) is 2.35. The minimum Gasteiger partial charge on any atom is -0.449 e. The number of aromatic nitrogens is 1. The van der Waals surface area contributed by atoms with Gasteiger partial charge in [-0.25, -0.2) is 0 Å². The molecule has 1 aliphatic heterocycles. The Kier molecular flexibility index (Phi) is 3.85. The van der Waals surface area contributed by atoms with Crippen LogP contribution in [0.25, 0.3) is 6.08 Å². The summed E-state index contributed by atoms with van der Waals surface area (Å²) >= 11 is 0. The first kappa shape index (κ1) is 14.8. The highest BCUT2D eigenvalue weighted by Crippen LogP contribution is 2.37. The fourth-order valence-electron chi connectivity index (χ4n) is 2.35. The molecule has 0 aliphatic carbocycles. The number of benzene rings is 1. The lowest BCUT2D eigenvalue weighted by Crippen LogP contribution is -2.38. The van der Waals surface area contributed by atoms with E-state index in [0.29, 0.717) is 29.4 Å². The van der Waals surface area contributed by atoms with E-state index < -0.39 is 0 Å². The largest absolute Gasteiger partial charge is 0.449 e. The van der Waals surface area contributed by atoms with Crippen molar-refractivity contribution in [2.45, 2.75) is 6.92 Å². The van der Waals surface area contributed by atoms with Gasteiger partial charge in [0, 0.05) is 30.6 Å². The maximum Gasteiger partial charge on any atom is 0.294 e. The SMILES string of the molecule is C=C(C)CN1C(=O)/C(=C\c2ccccn2)Oc2cc(N)ccc21. The Morgan fingerprint density at radius 1 is 1.39 bits per heavy atom. The third kappa shape index (κ3) is 3.08. The number of ether oxygens (including phenoxy) is 1. The number of hydrogen-bond donors (Lipinski definition) is 1. The molecule has 1 amide bonds. The van der Waals surface area contributed by atoms with Crippen molar-refractivity contribution in [3.8, 4) is 5.75 Å². The first-order valence-corrected chi connectivity index (χ1v) is 7.21. The fraction of sp³-hybridized carbons (Fsp3) is 0.111. The number of pyridine rings is 1. The molecular weight excluding hydrogens is 290 g/mol. The van der Waals surface area contributed by atoms with Crippen molar-refractivity contribution in [2.75, 3.05) is 17.2 Å². The van der Waals surface area contributed by atoms with Crippen LogP contribution in [0, 0.1) is 0 Å². The van der Waals surface area contributed by atoms with Gasteiger partial charge in [0.05, 0.1) is 11.4 Å². The molecule has 5 heteroatoms. The van der Waals surface area contributed by atoms with Crippen LogP contribution in [0.5, 0.6) is 5.75 Å². The summed E-state index contributed by atoms with van der Waals surface area (Å²) in [4.78, 5) is 18.6. The summed E-state index contributed by atoms with van der Waals surface area (Å²) in [5.41, 5.74) is 8.62. The van der Waals surface area contributed by atoms with Crippen molar-refractivity contribution in [1.82, 2.24) is 4.98 Å². The summed E-state index contributed by atoms with van der Waals surface area (Å²) in [6.07, 6.45) is 3.29.